The van der Waals surface area contributed by atoms with Gasteiger partial charge in [-0.15, -0.1) is 11.3 Å². The number of thiophene rings is 1. The second-order valence-electron chi connectivity index (χ2n) is 7.88. The standard InChI is InChI=1S/C25H18F3N3OS/c26-25(27,28)17-7-1-2-8-18(17)31-19-9-5-10-20(32)23(19)22(21-11-6-14-33-21)16(15-29)24(31)30-12-3-4-13-30/h1-4,6-8,11-14,22H,5,9-10H2/t22-/m0/s1. The van der Waals surface area contributed by atoms with Crippen molar-refractivity contribution in [1.82, 2.24) is 4.57 Å². The summed E-state index contributed by atoms with van der Waals surface area (Å²) in [5.41, 5.74) is 0.302. The Labute approximate surface area is 192 Å². The van der Waals surface area contributed by atoms with Crippen LogP contribution in [0.5, 0.6) is 0 Å². The monoisotopic (exact) mass is 465 g/mol. The molecule has 0 saturated carbocycles. The van der Waals surface area contributed by atoms with Gasteiger partial charge < -0.3 is 4.57 Å². The lowest BCUT2D eigenvalue weighted by molar-refractivity contribution is -0.137. The predicted molar refractivity (Wildman–Crippen MR) is 120 cm³/mol. The van der Waals surface area contributed by atoms with E-state index in [1.807, 2.05) is 17.5 Å². The maximum atomic E-state index is 14.1. The lowest BCUT2D eigenvalue weighted by atomic mass is 9.78. The number of rotatable bonds is 3. The van der Waals surface area contributed by atoms with E-state index in [0.717, 1.165) is 10.9 Å². The van der Waals surface area contributed by atoms with Crippen LogP contribution in [0.4, 0.5) is 18.9 Å². The number of ketones is 1. The van der Waals surface area contributed by atoms with E-state index >= 15 is 0 Å². The molecule has 33 heavy (non-hydrogen) atoms. The molecule has 3 aromatic rings. The molecule has 1 aromatic carbocycles. The Morgan fingerprint density at radius 1 is 1.03 bits per heavy atom. The molecule has 0 fully saturated rings. The number of carbonyl (C=O) groups is 1. The first-order valence-electron chi connectivity index (χ1n) is 10.5. The SMILES string of the molecule is N#CC1=C(n2cccc2)N(c2ccccc2C(F)(F)F)C2=C(C(=O)CCC2)[C@@H]1c1cccs1. The number of Topliss-reactive ketones (excluding diaryl/α,β-unsaturated/α-hetero) is 1. The van der Waals surface area contributed by atoms with Crippen LogP contribution in [0.1, 0.15) is 35.6 Å². The Kier molecular flexibility index (Phi) is 5.22. The number of carbonyl (C=O) groups excluding carboxylic acids is 1. The quantitative estimate of drug-likeness (QED) is 0.440. The molecule has 1 aliphatic heterocycles. The van der Waals surface area contributed by atoms with Gasteiger partial charge in [-0.2, -0.15) is 18.4 Å². The molecule has 2 aromatic heterocycles. The number of allylic oxidation sites excluding steroid dienone is 3. The molecule has 8 heteroatoms. The van der Waals surface area contributed by atoms with E-state index in [9.17, 15) is 23.2 Å². The third-order valence-electron chi connectivity index (χ3n) is 5.98. The van der Waals surface area contributed by atoms with Crippen molar-refractivity contribution >= 4 is 28.6 Å². The molecular weight excluding hydrogens is 447 g/mol. The fourth-order valence-electron chi connectivity index (χ4n) is 4.68. The average molecular weight is 466 g/mol. The van der Waals surface area contributed by atoms with Crippen molar-refractivity contribution in [3.63, 3.8) is 0 Å². The molecule has 0 bridgehead atoms. The number of nitrogens with zero attached hydrogens (tertiary/aromatic N) is 3. The van der Waals surface area contributed by atoms with Crippen molar-refractivity contribution in [1.29, 1.82) is 5.26 Å². The molecule has 1 atom stereocenters. The molecule has 3 heterocycles. The third kappa shape index (κ3) is 3.49. The zero-order chi connectivity index (χ0) is 23.2. The highest BCUT2D eigenvalue weighted by molar-refractivity contribution is 7.10. The van der Waals surface area contributed by atoms with Crippen LogP contribution in [0.15, 0.2) is 83.1 Å². The largest absolute Gasteiger partial charge is 0.418 e. The Morgan fingerprint density at radius 2 is 1.79 bits per heavy atom. The second-order valence-corrected chi connectivity index (χ2v) is 8.85. The fraction of sp³-hybridized carbons (Fsp3) is 0.200. The Balaban J connectivity index is 1.88. The van der Waals surface area contributed by atoms with Crippen LogP contribution >= 0.6 is 11.3 Å². The number of anilines is 1. The van der Waals surface area contributed by atoms with Crippen LogP contribution in [0.3, 0.4) is 0 Å². The van der Waals surface area contributed by atoms with Crippen molar-refractivity contribution in [2.24, 2.45) is 0 Å². The number of hydrogen-bond acceptors (Lipinski definition) is 4. The lowest BCUT2D eigenvalue weighted by Crippen LogP contribution is -2.37. The van der Waals surface area contributed by atoms with E-state index in [1.165, 1.54) is 28.4 Å². The van der Waals surface area contributed by atoms with Crippen LogP contribution in [-0.2, 0) is 11.0 Å². The van der Waals surface area contributed by atoms with Crippen molar-refractivity contribution < 1.29 is 18.0 Å². The lowest BCUT2D eigenvalue weighted by Gasteiger charge is -2.41. The second kappa shape index (κ2) is 8.09. The van der Waals surface area contributed by atoms with Gasteiger partial charge in [0.2, 0.25) is 0 Å². The molecule has 1 aliphatic carbocycles. The Hall–Kier alpha value is -3.57. The van der Waals surface area contributed by atoms with Crippen LogP contribution < -0.4 is 4.90 Å². The van der Waals surface area contributed by atoms with E-state index in [4.69, 9.17) is 0 Å². The highest BCUT2D eigenvalue weighted by Crippen LogP contribution is 2.51. The Morgan fingerprint density at radius 3 is 2.45 bits per heavy atom. The molecular formula is C25H18F3N3OS. The molecule has 0 radical (unpaired) electrons. The summed E-state index contributed by atoms with van der Waals surface area (Å²) in [6.45, 7) is 0. The number of benzene rings is 1. The van der Waals surface area contributed by atoms with Gasteiger partial charge >= 0.3 is 6.18 Å². The summed E-state index contributed by atoms with van der Waals surface area (Å²) in [4.78, 5) is 15.5. The molecule has 0 saturated heterocycles. The normalized spacial score (nSPS) is 19.0. The van der Waals surface area contributed by atoms with Gasteiger partial charge in [0.05, 0.1) is 28.8 Å². The van der Waals surface area contributed by atoms with Gasteiger partial charge in [-0.05, 0) is 48.6 Å². The third-order valence-corrected chi connectivity index (χ3v) is 6.91. The topological polar surface area (TPSA) is 49.0 Å². The van der Waals surface area contributed by atoms with Crippen LogP contribution in [0, 0.1) is 11.3 Å². The van der Waals surface area contributed by atoms with Gasteiger partial charge in [0.15, 0.2) is 5.78 Å². The summed E-state index contributed by atoms with van der Waals surface area (Å²) in [5, 5.41) is 12.2. The number of halogens is 3. The summed E-state index contributed by atoms with van der Waals surface area (Å²) in [6.07, 6.45) is 0.107. The smallest absolute Gasteiger partial charge is 0.309 e. The van der Waals surface area contributed by atoms with Gasteiger partial charge in [0.25, 0.3) is 0 Å². The summed E-state index contributed by atoms with van der Waals surface area (Å²) < 4.78 is 43.8. The minimum absolute atomic E-state index is 0.0896. The first kappa shape index (κ1) is 21.3. The van der Waals surface area contributed by atoms with E-state index in [-0.39, 0.29) is 17.0 Å². The predicted octanol–water partition coefficient (Wildman–Crippen LogP) is 6.57. The molecule has 4 nitrogen and oxygen atoms in total. The van der Waals surface area contributed by atoms with Gasteiger partial charge in [-0.3, -0.25) is 9.69 Å². The van der Waals surface area contributed by atoms with Gasteiger partial charge in [0.1, 0.15) is 5.82 Å². The number of aromatic nitrogens is 1. The van der Waals surface area contributed by atoms with E-state index in [0.29, 0.717) is 36.4 Å². The number of nitriles is 1. The van der Waals surface area contributed by atoms with Crippen LogP contribution in [0.2, 0.25) is 0 Å². The van der Waals surface area contributed by atoms with Crippen molar-refractivity contribution in [2.75, 3.05) is 4.90 Å². The molecule has 166 valence electrons. The van der Waals surface area contributed by atoms with Crippen molar-refractivity contribution in [3.05, 3.63) is 93.6 Å². The molecule has 5 rings (SSSR count). The summed E-state index contributed by atoms with van der Waals surface area (Å²) in [6, 6.07) is 14.8. The highest BCUT2D eigenvalue weighted by Gasteiger charge is 2.44. The van der Waals surface area contributed by atoms with E-state index in [2.05, 4.69) is 6.07 Å². The molecule has 0 N–H and O–H groups in total. The zero-order valence-corrected chi connectivity index (χ0v) is 18.2. The minimum Gasteiger partial charge on any atom is -0.309 e. The summed E-state index contributed by atoms with van der Waals surface area (Å²) in [7, 11) is 0. The van der Waals surface area contributed by atoms with Crippen LogP contribution in [-0.4, -0.2) is 10.4 Å². The highest BCUT2D eigenvalue weighted by atomic mass is 32.1. The van der Waals surface area contributed by atoms with Crippen molar-refractivity contribution in [2.45, 2.75) is 31.4 Å². The Bertz CT molecular complexity index is 1310. The first-order chi connectivity index (χ1) is 15.9. The number of alkyl halides is 3. The number of hydrogen-bond donors (Lipinski definition) is 0. The first-order valence-corrected chi connectivity index (χ1v) is 11.3. The number of para-hydroxylation sites is 1. The average Bonchev–Trinajstić information content (AvgIpc) is 3.51. The minimum atomic E-state index is -4.60. The molecule has 2 aliphatic rings. The van der Waals surface area contributed by atoms with Gasteiger partial charge in [-0.1, -0.05) is 18.2 Å². The molecule has 0 spiro atoms. The van der Waals surface area contributed by atoms with Crippen molar-refractivity contribution in [3.8, 4) is 6.07 Å². The molecule has 0 amide bonds. The van der Waals surface area contributed by atoms with E-state index < -0.39 is 17.7 Å². The fourth-order valence-corrected chi connectivity index (χ4v) is 5.52. The van der Waals surface area contributed by atoms with Crippen LogP contribution in [0.25, 0.3) is 5.82 Å². The van der Waals surface area contributed by atoms with Gasteiger partial charge in [0, 0.05) is 35.0 Å². The maximum absolute atomic E-state index is 14.1. The maximum Gasteiger partial charge on any atom is 0.418 e. The summed E-state index contributed by atoms with van der Waals surface area (Å²) >= 11 is 1.43. The summed E-state index contributed by atoms with van der Waals surface area (Å²) in [5.74, 6) is -0.404. The van der Waals surface area contributed by atoms with Gasteiger partial charge in [-0.25, -0.2) is 0 Å². The molecule has 0 unspecified atom stereocenters. The van der Waals surface area contributed by atoms with E-state index in [1.54, 1.807) is 35.2 Å². The zero-order valence-electron chi connectivity index (χ0n) is 17.3.